The summed E-state index contributed by atoms with van der Waals surface area (Å²) in [5, 5.41) is 12.9. The van der Waals surface area contributed by atoms with Crippen molar-refractivity contribution in [3.05, 3.63) is 33.1 Å². The molecule has 18 heavy (non-hydrogen) atoms. The van der Waals surface area contributed by atoms with Gasteiger partial charge in [0.1, 0.15) is 0 Å². The lowest BCUT2D eigenvalue weighted by Crippen LogP contribution is -1.99. The number of furan rings is 1. The molecule has 92 valence electrons. The molecule has 3 heterocycles. The predicted octanol–water partition coefficient (Wildman–Crippen LogP) is 3.42. The highest BCUT2D eigenvalue weighted by atomic mass is 79.9. The summed E-state index contributed by atoms with van der Waals surface area (Å²) >= 11 is 9.34. The number of fused-ring (bicyclic) bond motifs is 1. The minimum atomic E-state index is 0.437. The molecule has 3 rings (SSSR count). The second-order valence-electron chi connectivity index (χ2n) is 3.90. The fraction of sp³-hybridized carbons (Fsp3) is 0.182. The molecule has 0 N–H and O–H groups in total. The summed E-state index contributed by atoms with van der Waals surface area (Å²) in [6.07, 6.45) is 0. The van der Waals surface area contributed by atoms with E-state index in [1.54, 1.807) is 16.6 Å². The third kappa shape index (κ3) is 1.64. The summed E-state index contributed by atoms with van der Waals surface area (Å²) in [6.45, 7) is 3.84. The standard InChI is InChI=1S/C11H8BrClN4O/c1-5-6(2)10-14-15-11(17(10)16-9(5)13)7-3-4-8(12)18-7/h3-4H,1-2H3. The normalized spacial score (nSPS) is 11.3. The van der Waals surface area contributed by atoms with Gasteiger partial charge >= 0.3 is 0 Å². The van der Waals surface area contributed by atoms with Gasteiger partial charge in [0.25, 0.3) is 0 Å². The van der Waals surface area contributed by atoms with Crippen molar-refractivity contribution in [1.29, 1.82) is 0 Å². The zero-order valence-corrected chi connectivity index (χ0v) is 11.9. The number of hydrogen-bond acceptors (Lipinski definition) is 4. The van der Waals surface area contributed by atoms with Gasteiger partial charge in [-0.1, -0.05) is 11.6 Å². The van der Waals surface area contributed by atoms with E-state index in [1.165, 1.54) is 0 Å². The van der Waals surface area contributed by atoms with Gasteiger partial charge in [-0.05, 0) is 47.5 Å². The van der Waals surface area contributed by atoms with Gasteiger partial charge in [-0.25, -0.2) is 0 Å². The molecule has 5 nitrogen and oxygen atoms in total. The lowest BCUT2D eigenvalue weighted by atomic mass is 10.2. The maximum atomic E-state index is 6.09. The summed E-state index contributed by atoms with van der Waals surface area (Å²) in [7, 11) is 0. The molecule has 0 amide bonds. The number of hydrogen-bond donors (Lipinski definition) is 0. The van der Waals surface area contributed by atoms with Crippen LogP contribution in [0.15, 0.2) is 21.2 Å². The zero-order valence-electron chi connectivity index (χ0n) is 9.61. The molecule has 3 aromatic rings. The molecule has 0 aliphatic rings. The van der Waals surface area contributed by atoms with Gasteiger partial charge in [0, 0.05) is 5.56 Å². The van der Waals surface area contributed by atoms with E-state index in [9.17, 15) is 0 Å². The van der Waals surface area contributed by atoms with Crippen molar-refractivity contribution in [2.75, 3.05) is 0 Å². The smallest absolute Gasteiger partial charge is 0.220 e. The van der Waals surface area contributed by atoms with Crippen molar-refractivity contribution in [3.8, 4) is 11.6 Å². The number of aryl methyl sites for hydroxylation is 1. The molecule has 7 heteroatoms. The number of nitrogens with zero attached hydrogens (tertiary/aromatic N) is 4. The van der Waals surface area contributed by atoms with E-state index in [4.69, 9.17) is 16.0 Å². The van der Waals surface area contributed by atoms with Gasteiger partial charge in [-0.2, -0.15) is 9.61 Å². The maximum Gasteiger partial charge on any atom is 0.220 e. The topological polar surface area (TPSA) is 56.2 Å². The first-order valence-corrected chi connectivity index (χ1v) is 6.39. The highest BCUT2D eigenvalue weighted by Crippen LogP contribution is 2.26. The Balaban J connectivity index is 2.33. The summed E-state index contributed by atoms with van der Waals surface area (Å²) < 4.78 is 7.68. The minimum Gasteiger partial charge on any atom is -0.446 e. The average molecular weight is 328 g/mol. The Morgan fingerprint density at radius 2 is 2.00 bits per heavy atom. The van der Waals surface area contributed by atoms with Crippen molar-refractivity contribution in [2.24, 2.45) is 0 Å². The molecule has 0 radical (unpaired) electrons. The van der Waals surface area contributed by atoms with Gasteiger partial charge in [-0.3, -0.25) is 0 Å². The Morgan fingerprint density at radius 3 is 2.67 bits per heavy atom. The van der Waals surface area contributed by atoms with Crippen LogP contribution in [0, 0.1) is 13.8 Å². The van der Waals surface area contributed by atoms with Gasteiger partial charge < -0.3 is 4.42 Å². The summed E-state index contributed by atoms with van der Waals surface area (Å²) in [6, 6.07) is 3.59. The summed E-state index contributed by atoms with van der Waals surface area (Å²) in [5.41, 5.74) is 2.54. The molecular formula is C11H8BrClN4O. The van der Waals surface area contributed by atoms with Crippen molar-refractivity contribution in [1.82, 2.24) is 19.8 Å². The van der Waals surface area contributed by atoms with E-state index in [0.29, 0.717) is 27.1 Å². The van der Waals surface area contributed by atoms with Crippen LogP contribution >= 0.6 is 27.5 Å². The summed E-state index contributed by atoms with van der Waals surface area (Å²) in [5.74, 6) is 1.11. The average Bonchev–Trinajstić information content (AvgIpc) is 2.92. The molecular weight excluding hydrogens is 320 g/mol. The fourth-order valence-electron chi connectivity index (χ4n) is 1.68. The lowest BCUT2D eigenvalue weighted by molar-refractivity contribution is 0.549. The molecule has 0 bridgehead atoms. The fourth-order valence-corrected chi connectivity index (χ4v) is 2.21. The Hall–Kier alpha value is -1.40. The first kappa shape index (κ1) is 11.7. The highest BCUT2D eigenvalue weighted by molar-refractivity contribution is 9.10. The van der Waals surface area contributed by atoms with Crippen molar-refractivity contribution in [3.63, 3.8) is 0 Å². The maximum absolute atomic E-state index is 6.09. The quantitative estimate of drug-likeness (QED) is 0.687. The number of aromatic nitrogens is 4. The van der Waals surface area contributed by atoms with Gasteiger partial charge in [-0.15, -0.1) is 10.2 Å². The van der Waals surface area contributed by atoms with Crippen LogP contribution in [0.4, 0.5) is 0 Å². The number of rotatable bonds is 1. The Kier molecular flexibility index (Phi) is 2.64. The van der Waals surface area contributed by atoms with Crippen LogP contribution in [-0.4, -0.2) is 19.8 Å². The van der Waals surface area contributed by atoms with E-state index in [0.717, 1.165) is 11.1 Å². The first-order valence-electron chi connectivity index (χ1n) is 5.21. The highest BCUT2D eigenvalue weighted by Gasteiger charge is 2.16. The predicted molar refractivity (Wildman–Crippen MR) is 70.7 cm³/mol. The molecule has 0 fully saturated rings. The van der Waals surface area contributed by atoms with E-state index in [-0.39, 0.29) is 0 Å². The monoisotopic (exact) mass is 326 g/mol. The van der Waals surface area contributed by atoms with Crippen LogP contribution in [0.25, 0.3) is 17.2 Å². The molecule has 0 spiro atoms. The first-order chi connectivity index (χ1) is 8.58. The molecule has 0 unspecified atom stereocenters. The Bertz CT molecular complexity index is 749. The van der Waals surface area contributed by atoms with Crippen molar-refractivity contribution in [2.45, 2.75) is 13.8 Å². The minimum absolute atomic E-state index is 0.437. The number of halogens is 2. The van der Waals surface area contributed by atoms with Crippen molar-refractivity contribution >= 4 is 33.2 Å². The molecule has 3 aromatic heterocycles. The van der Waals surface area contributed by atoms with Crippen LogP contribution in [0.5, 0.6) is 0 Å². The van der Waals surface area contributed by atoms with Crippen LogP contribution < -0.4 is 0 Å². The van der Waals surface area contributed by atoms with E-state index < -0.39 is 0 Å². The second-order valence-corrected chi connectivity index (χ2v) is 5.04. The SMILES string of the molecule is Cc1c(Cl)nn2c(-c3ccc(Br)o3)nnc2c1C. The van der Waals surface area contributed by atoms with Crippen LogP contribution in [0.3, 0.4) is 0 Å². The second kappa shape index (κ2) is 4.07. The molecule has 0 aliphatic heterocycles. The Morgan fingerprint density at radius 1 is 1.22 bits per heavy atom. The molecule has 0 saturated carbocycles. The Labute approximate surface area is 116 Å². The molecule has 0 aliphatic carbocycles. The molecule has 0 atom stereocenters. The third-order valence-electron chi connectivity index (χ3n) is 2.83. The summed E-state index contributed by atoms with van der Waals surface area (Å²) in [4.78, 5) is 0. The largest absolute Gasteiger partial charge is 0.446 e. The lowest BCUT2D eigenvalue weighted by Gasteiger charge is -2.03. The third-order valence-corrected chi connectivity index (χ3v) is 3.61. The van der Waals surface area contributed by atoms with E-state index in [2.05, 4.69) is 31.2 Å². The van der Waals surface area contributed by atoms with E-state index in [1.807, 2.05) is 13.8 Å². The molecule has 0 saturated heterocycles. The van der Waals surface area contributed by atoms with Crippen LogP contribution in [-0.2, 0) is 0 Å². The van der Waals surface area contributed by atoms with Crippen molar-refractivity contribution < 1.29 is 4.42 Å². The van der Waals surface area contributed by atoms with Gasteiger partial charge in [0.05, 0.1) is 0 Å². The van der Waals surface area contributed by atoms with Crippen LogP contribution in [0.2, 0.25) is 5.15 Å². The van der Waals surface area contributed by atoms with E-state index >= 15 is 0 Å². The molecule has 0 aromatic carbocycles. The zero-order chi connectivity index (χ0) is 12.9. The van der Waals surface area contributed by atoms with Gasteiger partial charge in [0.2, 0.25) is 5.82 Å². The van der Waals surface area contributed by atoms with Crippen LogP contribution in [0.1, 0.15) is 11.1 Å². The van der Waals surface area contributed by atoms with Gasteiger partial charge in [0.15, 0.2) is 21.2 Å².